The van der Waals surface area contributed by atoms with Crippen molar-refractivity contribution >= 4 is 0 Å². The van der Waals surface area contributed by atoms with Crippen LogP contribution >= 0.6 is 0 Å². The second kappa shape index (κ2) is 6.80. The van der Waals surface area contributed by atoms with Crippen LogP contribution in [0, 0.1) is 0 Å². The summed E-state index contributed by atoms with van der Waals surface area (Å²) < 4.78 is 2.22. The van der Waals surface area contributed by atoms with Crippen LogP contribution in [0.1, 0.15) is 58.5 Å². The van der Waals surface area contributed by atoms with Gasteiger partial charge in [0.15, 0.2) is 0 Å². The first-order valence-electron chi connectivity index (χ1n) is 6.98. The summed E-state index contributed by atoms with van der Waals surface area (Å²) in [6.45, 7) is 12.1. The van der Waals surface area contributed by atoms with Gasteiger partial charge in [-0.3, -0.25) is 4.68 Å². The van der Waals surface area contributed by atoms with E-state index in [9.17, 15) is 0 Å². The second-order valence-electron chi connectivity index (χ2n) is 4.59. The smallest absolute Gasteiger partial charge is 0.0647 e. The fourth-order valence-electron chi connectivity index (χ4n) is 2.37. The van der Waals surface area contributed by atoms with E-state index in [0.29, 0.717) is 12.1 Å². The minimum absolute atomic E-state index is 0.426. The van der Waals surface area contributed by atoms with Crippen LogP contribution in [0.2, 0.25) is 0 Å². The number of hydrogen-bond acceptors (Lipinski definition) is 2. The van der Waals surface area contributed by atoms with Gasteiger partial charge in [0.1, 0.15) is 0 Å². The van der Waals surface area contributed by atoms with Crippen molar-refractivity contribution in [2.45, 2.75) is 66.0 Å². The average Bonchev–Trinajstić information content (AvgIpc) is 2.78. The summed E-state index contributed by atoms with van der Waals surface area (Å²) in [7, 11) is 0. The van der Waals surface area contributed by atoms with E-state index in [1.165, 1.54) is 11.4 Å². The quantitative estimate of drug-likeness (QED) is 0.790. The summed E-state index contributed by atoms with van der Waals surface area (Å²) in [5.74, 6) is 0. The van der Waals surface area contributed by atoms with Gasteiger partial charge in [-0.05, 0) is 38.8 Å². The lowest BCUT2D eigenvalue weighted by Gasteiger charge is -2.25. The molecule has 0 radical (unpaired) electrons. The van der Waals surface area contributed by atoms with Crippen molar-refractivity contribution < 1.29 is 0 Å². The number of hydrogen-bond donors (Lipinski definition) is 1. The Hall–Kier alpha value is -0.830. The van der Waals surface area contributed by atoms with Crippen molar-refractivity contribution in [3.8, 4) is 0 Å². The minimum Gasteiger partial charge on any atom is -0.312 e. The van der Waals surface area contributed by atoms with E-state index >= 15 is 0 Å². The summed E-state index contributed by atoms with van der Waals surface area (Å²) in [5, 5.41) is 8.28. The lowest BCUT2D eigenvalue weighted by Crippen LogP contribution is -2.36. The third kappa shape index (κ3) is 3.32. The van der Waals surface area contributed by atoms with Gasteiger partial charge in [-0.2, -0.15) is 5.10 Å². The fraction of sp³-hybridized carbons (Fsp3) is 0.786. The molecule has 0 saturated heterocycles. The van der Waals surface area contributed by atoms with E-state index < -0.39 is 0 Å². The maximum atomic E-state index is 4.73. The Morgan fingerprint density at radius 1 is 1.24 bits per heavy atom. The van der Waals surface area contributed by atoms with E-state index in [-0.39, 0.29) is 0 Å². The topological polar surface area (TPSA) is 29.9 Å². The van der Waals surface area contributed by atoms with Crippen molar-refractivity contribution in [2.24, 2.45) is 0 Å². The van der Waals surface area contributed by atoms with Crippen molar-refractivity contribution in [1.82, 2.24) is 15.1 Å². The van der Waals surface area contributed by atoms with E-state index in [4.69, 9.17) is 5.10 Å². The molecule has 2 unspecified atom stereocenters. The van der Waals surface area contributed by atoms with E-state index in [0.717, 1.165) is 25.8 Å². The summed E-state index contributed by atoms with van der Waals surface area (Å²) >= 11 is 0. The number of rotatable bonds is 7. The highest BCUT2D eigenvalue weighted by atomic mass is 15.3. The third-order valence-corrected chi connectivity index (χ3v) is 3.46. The molecule has 0 spiro atoms. The molecule has 0 saturated carbocycles. The zero-order valence-corrected chi connectivity index (χ0v) is 12.0. The first-order valence-corrected chi connectivity index (χ1v) is 6.98. The van der Waals surface area contributed by atoms with Gasteiger partial charge in [0.2, 0.25) is 0 Å². The molecule has 2 atom stereocenters. The van der Waals surface area contributed by atoms with Crippen LogP contribution in [0.25, 0.3) is 0 Å². The highest BCUT2D eigenvalue weighted by Crippen LogP contribution is 2.18. The van der Waals surface area contributed by atoms with Gasteiger partial charge in [0.25, 0.3) is 0 Å². The molecule has 3 nitrogen and oxygen atoms in total. The molecule has 0 bridgehead atoms. The summed E-state index contributed by atoms with van der Waals surface area (Å²) in [6.07, 6.45) is 3.21. The number of nitrogens with zero attached hydrogens (tertiary/aromatic N) is 2. The predicted octanol–water partition coefficient (Wildman–Crippen LogP) is 2.96. The first kappa shape index (κ1) is 14.2. The Bertz CT molecular complexity index is 330. The van der Waals surface area contributed by atoms with E-state index in [2.05, 4.69) is 50.7 Å². The van der Waals surface area contributed by atoms with Gasteiger partial charge in [0.05, 0.1) is 11.7 Å². The molecule has 1 aromatic rings. The fourth-order valence-corrected chi connectivity index (χ4v) is 2.37. The molecule has 17 heavy (non-hydrogen) atoms. The van der Waals surface area contributed by atoms with Crippen molar-refractivity contribution in [1.29, 1.82) is 0 Å². The molecule has 1 heterocycles. The maximum Gasteiger partial charge on any atom is 0.0647 e. The van der Waals surface area contributed by atoms with E-state index in [1.54, 1.807) is 0 Å². The lowest BCUT2D eigenvalue weighted by atomic mass is 10.1. The van der Waals surface area contributed by atoms with Crippen LogP contribution in [0.4, 0.5) is 0 Å². The summed E-state index contributed by atoms with van der Waals surface area (Å²) in [4.78, 5) is 0. The molecule has 0 aliphatic rings. The lowest BCUT2D eigenvalue weighted by molar-refractivity contribution is 0.336. The van der Waals surface area contributed by atoms with Crippen LogP contribution in [0.15, 0.2) is 6.07 Å². The monoisotopic (exact) mass is 237 g/mol. The Morgan fingerprint density at radius 2 is 1.94 bits per heavy atom. The Labute approximate surface area is 106 Å². The molecule has 0 aromatic carbocycles. The molecular formula is C14H27N3. The molecule has 98 valence electrons. The molecule has 1 aromatic heterocycles. The third-order valence-electron chi connectivity index (χ3n) is 3.46. The van der Waals surface area contributed by atoms with Gasteiger partial charge in [-0.15, -0.1) is 0 Å². The van der Waals surface area contributed by atoms with Crippen LogP contribution in [-0.4, -0.2) is 22.4 Å². The van der Waals surface area contributed by atoms with Crippen LogP contribution in [0.3, 0.4) is 0 Å². The molecule has 0 aliphatic carbocycles. The van der Waals surface area contributed by atoms with Gasteiger partial charge < -0.3 is 5.32 Å². The molecular weight excluding hydrogens is 210 g/mol. The highest BCUT2D eigenvalue weighted by molar-refractivity contribution is 5.11. The van der Waals surface area contributed by atoms with Gasteiger partial charge in [0, 0.05) is 11.7 Å². The number of aryl methyl sites for hydroxylation is 2. The predicted molar refractivity (Wildman–Crippen MR) is 73.4 cm³/mol. The zero-order chi connectivity index (χ0) is 12.8. The summed E-state index contributed by atoms with van der Waals surface area (Å²) in [5.41, 5.74) is 2.56. The Balaban J connectivity index is 2.92. The molecule has 1 N–H and O–H groups in total. The summed E-state index contributed by atoms with van der Waals surface area (Å²) in [6, 6.07) is 3.18. The molecule has 3 heteroatoms. The standard InChI is InChI=1S/C14H27N3/c1-6-12-10-13(7-2)17(16-12)11(5)14(8-3)15-9-4/h10-11,14-15H,6-9H2,1-5H3. The normalized spacial score (nSPS) is 14.9. The minimum atomic E-state index is 0.426. The van der Waals surface area contributed by atoms with Crippen LogP contribution < -0.4 is 5.32 Å². The number of aromatic nitrogens is 2. The molecule has 0 fully saturated rings. The van der Waals surface area contributed by atoms with Crippen molar-refractivity contribution in [3.05, 3.63) is 17.5 Å². The van der Waals surface area contributed by atoms with Crippen LogP contribution in [0.5, 0.6) is 0 Å². The van der Waals surface area contributed by atoms with Gasteiger partial charge in [-0.25, -0.2) is 0 Å². The number of nitrogens with one attached hydrogen (secondary N) is 1. The average molecular weight is 237 g/mol. The van der Waals surface area contributed by atoms with Crippen LogP contribution in [-0.2, 0) is 12.8 Å². The SMILES string of the molecule is CCNC(CC)C(C)n1nc(CC)cc1CC. The largest absolute Gasteiger partial charge is 0.312 e. The first-order chi connectivity index (χ1) is 8.17. The van der Waals surface area contributed by atoms with Crippen molar-refractivity contribution in [2.75, 3.05) is 6.54 Å². The Morgan fingerprint density at radius 3 is 2.41 bits per heavy atom. The Kier molecular flexibility index (Phi) is 5.69. The number of likely N-dealkylation sites (N-methyl/N-ethyl adjacent to an activating group) is 1. The second-order valence-corrected chi connectivity index (χ2v) is 4.59. The highest BCUT2D eigenvalue weighted by Gasteiger charge is 2.19. The molecule has 0 aliphatic heterocycles. The zero-order valence-electron chi connectivity index (χ0n) is 12.0. The van der Waals surface area contributed by atoms with E-state index in [1.807, 2.05) is 0 Å². The molecule has 0 amide bonds. The van der Waals surface area contributed by atoms with Crippen molar-refractivity contribution in [3.63, 3.8) is 0 Å². The molecule has 1 rings (SSSR count). The van der Waals surface area contributed by atoms with Gasteiger partial charge >= 0.3 is 0 Å². The van der Waals surface area contributed by atoms with Gasteiger partial charge in [-0.1, -0.05) is 27.7 Å². The maximum absolute atomic E-state index is 4.73.